The van der Waals surface area contributed by atoms with Crippen molar-refractivity contribution in [3.63, 3.8) is 0 Å². The molecule has 130 valence electrons. The first-order valence-electron chi connectivity index (χ1n) is 7.39. The normalized spacial score (nSPS) is 16.5. The molecule has 1 N–H and O–H groups in total. The van der Waals surface area contributed by atoms with Crippen molar-refractivity contribution in [2.45, 2.75) is 59.3 Å². The molecule has 0 rings (SSSR count). The molecule has 5 nitrogen and oxygen atoms in total. The van der Waals surface area contributed by atoms with Gasteiger partial charge in [0.15, 0.2) is 0 Å². The van der Waals surface area contributed by atoms with Crippen molar-refractivity contribution in [2.75, 3.05) is 6.61 Å². The van der Waals surface area contributed by atoms with Gasteiger partial charge in [0.05, 0.1) is 23.3 Å². The van der Waals surface area contributed by atoms with Gasteiger partial charge in [0.25, 0.3) is 0 Å². The minimum Gasteiger partial charge on any atom is -0.466 e. The van der Waals surface area contributed by atoms with Gasteiger partial charge in [0.1, 0.15) is 0 Å². The second-order valence-corrected chi connectivity index (χ2v) is 9.45. The zero-order valence-corrected chi connectivity index (χ0v) is 16.0. The van der Waals surface area contributed by atoms with Gasteiger partial charge in [-0.05, 0) is 40.5 Å². The van der Waals surface area contributed by atoms with E-state index in [-0.39, 0.29) is 11.9 Å². The summed E-state index contributed by atoms with van der Waals surface area (Å²) < 4.78 is 31.2. The molecule has 0 aliphatic heterocycles. The number of nitrogens with one attached hydrogen (secondary N) is 1. The van der Waals surface area contributed by atoms with Crippen molar-refractivity contribution in [2.24, 2.45) is 11.8 Å². The van der Waals surface area contributed by atoms with Gasteiger partial charge in [-0.3, -0.25) is 4.79 Å². The van der Waals surface area contributed by atoms with E-state index >= 15 is 0 Å². The van der Waals surface area contributed by atoms with Crippen LogP contribution in [0.2, 0.25) is 0 Å². The number of carbonyl (C=O) groups is 1. The SMILES string of the molecule is CCOC(=O)[C@H](C)/C=C(\Cl)[C@@H](NS(=O)(=O)C(C)(C)C)C(C)C. The molecule has 0 aromatic carbocycles. The van der Waals surface area contributed by atoms with Crippen LogP contribution in [0.3, 0.4) is 0 Å². The molecule has 0 bridgehead atoms. The standard InChI is InChI=1S/C15H28ClNO4S/c1-8-21-14(18)11(4)9-12(16)13(10(2)3)17-22(19,20)15(5,6)7/h9-11,13,17H,8H2,1-7H3/b12-9-/t11-,13+/m1/s1. The Hall–Kier alpha value is -0.590. The third kappa shape index (κ3) is 6.26. The van der Waals surface area contributed by atoms with Gasteiger partial charge >= 0.3 is 5.97 Å². The first-order chi connectivity index (χ1) is 9.83. The van der Waals surface area contributed by atoms with Crippen molar-refractivity contribution in [1.82, 2.24) is 4.72 Å². The summed E-state index contributed by atoms with van der Waals surface area (Å²) in [6.07, 6.45) is 1.54. The first-order valence-corrected chi connectivity index (χ1v) is 9.25. The average Bonchev–Trinajstić information content (AvgIpc) is 2.34. The molecular formula is C15H28ClNO4S. The molecule has 0 aromatic heterocycles. The van der Waals surface area contributed by atoms with E-state index in [0.29, 0.717) is 11.6 Å². The number of rotatable bonds is 7. The molecule has 0 saturated heterocycles. The van der Waals surface area contributed by atoms with Gasteiger partial charge in [-0.2, -0.15) is 0 Å². The molecule has 0 heterocycles. The molecular weight excluding hydrogens is 326 g/mol. The van der Waals surface area contributed by atoms with Crippen molar-refractivity contribution in [3.8, 4) is 0 Å². The Morgan fingerprint density at radius 2 is 1.77 bits per heavy atom. The topological polar surface area (TPSA) is 72.5 Å². The minimum atomic E-state index is -3.54. The van der Waals surface area contributed by atoms with E-state index in [1.54, 1.807) is 34.6 Å². The summed E-state index contributed by atoms with van der Waals surface area (Å²) in [7, 11) is -3.54. The maximum Gasteiger partial charge on any atom is 0.312 e. The Labute approximate surface area is 139 Å². The second kappa shape index (κ2) is 8.31. The number of halogens is 1. The number of hydrogen-bond acceptors (Lipinski definition) is 4. The quantitative estimate of drug-likeness (QED) is 0.714. The van der Waals surface area contributed by atoms with Gasteiger partial charge < -0.3 is 4.74 Å². The third-order valence-electron chi connectivity index (χ3n) is 3.12. The van der Waals surface area contributed by atoms with Gasteiger partial charge in [0, 0.05) is 5.03 Å². The highest BCUT2D eigenvalue weighted by Crippen LogP contribution is 2.23. The van der Waals surface area contributed by atoms with Crippen LogP contribution in [0.4, 0.5) is 0 Å². The van der Waals surface area contributed by atoms with E-state index in [4.69, 9.17) is 16.3 Å². The maximum absolute atomic E-state index is 12.3. The second-order valence-electron chi connectivity index (χ2n) is 6.55. The van der Waals surface area contributed by atoms with Gasteiger partial charge in [-0.15, -0.1) is 0 Å². The summed E-state index contributed by atoms with van der Waals surface area (Å²) in [4.78, 5) is 11.7. The van der Waals surface area contributed by atoms with Crippen LogP contribution in [0.25, 0.3) is 0 Å². The Bertz CT molecular complexity index is 506. The van der Waals surface area contributed by atoms with Crippen LogP contribution in [-0.2, 0) is 19.6 Å². The number of carbonyl (C=O) groups excluding carboxylic acids is 1. The highest BCUT2D eigenvalue weighted by molar-refractivity contribution is 7.90. The zero-order valence-electron chi connectivity index (χ0n) is 14.4. The van der Waals surface area contributed by atoms with Crippen LogP contribution in [0.15, 0.2) is 11.1 Å². The summed E-state index contributed by atoms with van der Waals surface area (Å²) in [5.41, 5.74) is 0. The van der Waals surface area contributed by atoms with E-state index in [0.717, 1.165) is 0 Å². The summed E-state index contributed by atoms with van der Waals surface area (Å²) in [6, 6.07) is -0.581. The largest absolute Gasteiger partial charge is 0.466 e. The van der Waals surface area contributed by atoms with Crippen LogP contribution in [0.1, 0.15) is 48.5 Å². The molecule has 7 heteroatoms. The molecule has 2 atom stereocenters. The molecule has 0 aromatic rings. The number of ether oxygens (including phenoxy) is 1. The Morgan fingerprint density at radius 1 is 1.27 bits per heavy atom. The lowest BCUT2D eigenvalue weighted by Crippen LogP contribution is -2.47. The zero-order chi connectivity index (χ0) is 17.7. The molecule has 0 radical (unpaired) electrons. The molecule has 0 fully saturated rings. The van der Waals surface area contributed by atoms with Crippen LogP contribution >= 0.6 is 11.6 Å². The number of esters is 1. The van der Waals surface area contributed by atoms with Crippen LogP contribution in [0.5, 0.6) is 0 Å². The van der Waals surface area contributed by atoms with E-state index < -0.39 is 26.7 Å². The fourth-order valence-electron chi connectivity index (χ4n) is 1.54. The van der Waals surface area contributed by atoms with Crippen LogP contribution in [-0.4, -0.2) is 31.8 Å². The third-order valence-corrected chi connectivity index (χ3v) is 5.66. The Balaban J connectivity index is 5.32. The molecule has 0 aliphatic rings. The highest BCUT2D eigenvalue weighted by atomic mass is 35.5. The monoisotopic (exact) mass is 353 g/mol. The van der Waals surface area contributed by atoms with Crippen molar-refractivity contribution in [1.29, 1.82) is 0 Å². The van der Waals surface area contributed by atoms with E-state index in [9.17, 15) is 13.2 Å². The van der Waals surface area contributed by atoms with E-state index in [1.165, 1.54) is 6.08 Å². The lowest BCUT2D eigenvalue weighted by molar-refractivity contribution is -0.145. The molecule has 0 spiro atoms. The Morgan fingerprint density at radius 3 is 2.14 bits per heavy atom. The van der Waals surface area contributed by atoms with Crippen molar-refractivity contribution < 1.29 is 17.9 Å². The van der Waals surface area contributed by atoms with Crippen molar-refractivity contribution in [3.05, 3.63) is 11.1 Å². The molecule has 22 heavy (non-hydrogen) atoms. The lowest BCUT2D eigenvalue weighted by Gasteiger charge is -2.27. The summed E-state index contributed by atoms with van der Waals surface area (Å²) in [5.74, 6) is -0.982. The van der Waals surface area contributed by atoms with Crippen LogP contribution in [0, 0.1) is 11.8 Å². The average molecular weight is 354 g/mol. The molecule has 0 unspecified atom stereocenters. The molecule has 0 amide bonds. The number of hydrogen-bond donors (Lipinski definition) is 1. The minimum absolute atomic E-state index is 0.0599. The fourth-order valence-corrected chi connectivity index (χ4v) is 3.19. The van der Waals surface area contributed by atoms with E-state index in [2.05, 4.69) is 4.72 Å². The predicted octanol–water partition coefficient (Wildman–Crippen LogP) is 3.05. The first kappa shape index (κ1) is 21.4. The highest BCUT2D eigenvalue weighted by Gasteiger charge is 2.33. The number of sulfonamides is 1. The van der Waals surface area contributed by atoms with Gasteiger partial charge in [-0.25, -0.2) is 13.1 Å². The molecule has 0 aliphatic carbocycles. The fraction of sp³-hybridized carbons (Fsp3) is 0.800. The summed E-state index contributed by atoms with van der Waals surface area (Å²) in [6.45, 7) is 12.3. The Kier molecular flexibility index (Phi) is 8.09. The van der Waals surface area contributed by atoms with Crippen molar-refractivity contribution >= 4 is 27.6 Å². The smallest absolute Gasteiger partial charge is 0.312 e. The lowest BCUT2D eigenvalue weighted by atomic mass is 10.0. The maximum atomic E-state index is 12.3. The van der Waals surface area contributed by atoms with Crippen LogP contribution < -0.4 is 4.72 Å². The van der Waals surface area contributed by atoms with Gasteiger partial charge in [0.2, 0.25) is 10.0 Å². The van der Waals surface area contributed by atoms with Gasteiger partial charge in [-0.1, -0.05) is 31.5 Å². The van der Waals surface area contributed by atoms with E-state index in [1.807, 2.05) is 13.8 Å². The summed E-state index contributed by atoms with van der Waals surface area (Å²) >= 11 is 6.26. The molecule has 0 saturated carbocycles. The predicted molar refractivity (Wildman–Crippen MR) is 90.2 cm³/mol. The summed E-state index contributed by atoms with van der Waals surface area (Å²) in [5, 5.41) is 0.295.